The molecule has 3 N–H and O–H groups in total. The summed E-state index contributed by atoms with van der Waals surface area (Å²) < 4.78 is 16.1. The highest BCUT2D eigenvalue weighted by Gasteiger charge is 2.61. The van der Waals surface area contributed by atoms with E-state index in [-0.39, 0.29) is 29.4 Å². The smallest absolute Gasteiger partial charge is 0.340 e. The van der Waals surface area contributed by atoms with E-state index in [0.29, 0.717) is 15.7 Å². The van der Waals surface area contributed by atoms with Crippen molar-refractivity contribution in [2.75, 3.05) is 19.0 Å². The van der Waals surface area contributed by atoms with E-state index in [2.05, 4.69) is 21.2 Å². The van der Waals surface area contributed by atoms with Crippen molar-refractivity contribution in [1.29, 1.82) is 0 Å². The molecule has 142 valence electrons. The fourth-order valence-corrected chi connectivity index (χ4v) is 3.84. The lowest BCUT2D eigenvalue weighted by molar-refractivity contribution is -0.142. The average Bonchev–Trinajstić information content (AvgIpc) is 2.86. The van der Waals surface area contributed by atoms with E-state index in [4.69, 9.17) is 19.9 Å². The van der Waals surface area contributed by atoms with Gasteiger partial charge in [-0.3, -0.25) is 4.79 Å². The van der Waals surface area contributed by atoms with Crippen LogP contribution in [0.1, 0.15) is 19.4 Å². The molecule has 1 unspecified atom stereocenters. The molecule has 27 heavy (non-hydrogen) atoms. The molecule has 0 aromatic heterocycles. The van der Waals surface area contributed by atoms with Crippen LogP contribution >= 0.6 is 15.9 Å². The zero-order valence-electron chi connectivity index (χ0n) is 14.8. The number of hydrogen-bond donors (Lipinski definition) is 2. The Kier molecular flexibility index (Phi) is 4.73. The number of ether oxygens (including phenoxy) is 3. The highest BCUT2D eigenvalue weighted by atomic mass is 79.9. The van der Waals surface area contributed by atoms with Gasteiger partial charge in [-0.1, -0.05) is 22.0 Å². The summed E-state index contributed by atoms with van der Waals surface area (Å²) in [6, 6.07) is 4.99. The number of nitrogens with one attached hydrogen (secondary N) is 1. The van der Waals surface area contributed by atoms with Gasteiger partial charge in [0.15, 0.2) is 0 Å². The number of amides is 1. The molecule has 1 spiro atoms. The van der Waals surface area contributed by atoms with Crippen LogP contribution in [0.2, 0.25) is 0 Å². The van der Waals surface area contributed by atoms with Crippen molar-refractivity contribution >= 4 is 39.5 Å². The quantitative estimate of drug-likeness (QED) is 0.694. The second-order valence-electron chi connectivity index (χ2n) is 5.88. The number of benzene rings is 1. The first-order chi connectivity index (χ1) is 12.8. The Labute approximate surface area is 163 Å². The van der Waals surface area contributed by atoms with E-state index in [9.17, 15) is 14.4 Å². The number of rotatable bonds is 3. The Balaban J connectivity index is 2.41. The van der Waals surface area contributed by atoms with Crippen LogP contribution < -0.4 is 11.1 Å². The van der Waals surface area contributed by atoms with Crippen LogP contribution in [0.4, 0.5) is 5.69 Å². The Morgan fingerprint density at radius 1 is 1.30 bits per heavy atom. The molecule has 3 rings (SSSR count). The lowest BCUT2D eigenvalue weighted by Crippen LogP contribution is -2.48. The first kappa shape index (κ1) is 19.0. The molecule has 8 nitrogen and oxygen atoms in total. The van der Waals surface area contributed by atoms with Crippen molar-refractivity contribution in [2.45, 2.75) is 19.3 Å². The lowest BCUT2D eigenvalue weighted by Gasteiger charge is -2.35. The Morgan fingerprint density at radius 3 is 2.63 bits per heavy atom. The largest absolute Gasteiger partial charge is 0.465 e. The third-order valence-electron chi connectivity index (χ3n) is 4.46. The molecule has 0 fully saturated rings. The molecule has 2 heterocycles. The van der Waals surface area contributed by atoms with Gasteiger partial charge in [0.25, 0.3) is 0 Å². The molecule has 0 saturated carbocycles. The number of methoxy groups -OCH3 is 1. The van der Waals surface area contributed by atoms with Gasteiger partial charge in [-0.15, -0.1) is 0 Å². The van der Waals surface area contributed by atoms with Crippen LogP contribution in [0.15, 0.2) is 45.5 Å². The Hall–Kier alpha value is -2.81. The SMILES string of the molecule is CCOC(=O)C1=C(C)OC(N)=C(C(=O)OC)C12C(=O)Nc1cc(Br)ccc12. The summed E-state index contributed by atoms with van der Waals surface area (Å²) in [6.45, 7) is 3.20. The van der Waals surface area contributed by atoms with Crippen molar-refractivity contribution in [1.82, 2.24) is 0 Å². The molecule has 1 atom stereocenters. The lowest BCUT2D eigenvalue weighted by atomic mass is 9.67. The molecule has 1 aromatic carbocycles. The second kappa shape index (κ2) is 6.73. The van der Waals surface area contributed by atoms with Crippen LogP contribution in [0.3, 0.4) is 0 Å². The molecular formula is C18H17BrN2O6. The Bertz CT molecular complexity index is 936. The van der Waals surface area contributed by atoms with Gasteiger partial charge in [-0.25, -0.2) is 9.59 Å². The van der Waals surface area contributed by atoms with Crippen molar-refractivity contribution in [2.24, 2.45) is 5.73 Å². The molecule has 0 bridgehead atoms. The van der Waals surface area contributed by atoms with Crippen molar-refractivity contribution in [3.8, 4) is 0 Å². The van der Waals surface area contributed by atoms with E-state index in [1.165, 1.54) is 6.92 Å². The molecule has 0 aliphatic carbocycles. The van der Waals surface area contributed by atoms with Crippen LogP contribution in [0.5, 0.6) is 0 Å². The maximum absolute atomic E-state index is 13.2. The minimum Gasteiger partial charge on any atom is -0.465 e. The number of esters is 2. The maximum atomic E-state index is 13.2. The van der Waals surface area contributed by atoms with E-state index >= 15 is 0 Å². The highest BCUT2D eigenvalue weighted by Crippen LogP contribution is 2.52. The van der Waals surface area contributed by atoms with Gasteiger partial charge >= 0.3 is 11.9 Å². The molecule has 0 saturated heterocycles. The fraction of sp³-hybridized carbons (Fsp3) is 0.278. The molecular weight excluding hydrogens is 420 g/mol. The fourth-order valence-electron chi connectivity index (χ4n) is 3.48. The molecule has 9 heteroatoms. The predicted molar refractivity (Wildman–Crippen MR) is 98.1 cm³/mol. The van der Waals surface area contributed by atoms with E-state index in [1.54, 1.807) is 25.1 Å². The summed E-state index contributed by atoms with van der Waals surface area (Å²) in [5.74, 6) is -2.52. The summed E-state index contributed by atoms with van der Waals surface area (Å²) in [5.41, 5.74) is 4.57. The number of allylic oxidation sites excluding steroid dienone is 1. The summed E-state index contributed by atoms with van der Waals surface area (Å²) in [5, 5.41) is 2.71. The zero-order valence-corrected chi connectivity index (χ0v) is 16.4. The third kappa shape index (κ3) is 2.61. The van der Waals surface area contributed by atoms with Gasteiger partial charge in [0.05, 0.1) is 13.7 Å². The number of carbonyl (C=O) groups excluding carboxylic acids is 3. The van der Waals surface area contributed by atoms with Gasteiger partial charge in [0.2, 0.25) is 11.8 Å². The van der Waals surface area contributed by atoms with Gasteiger partial charge in [-0.05, 0) is 26.0 Å². The van der Waals surface area contributed by atoms with Crippen LogP contribution in [0, 0.1) is 0 Å². The standard InChI is InChI=1S/C18H17BrN2O6/c1-4-26-16(23)12-8(2)27-14(20)13(15(22)25-3)18(12)10-6-5-9(19)7-11(10)21-17(18)24/h5-7H,4,20H2,1-3H3,(H,21,24). The third-order valence-corrected chi connectivity index (χ3v) is 4.95. The first-order valence-corrected chi connectivity index (χ1v) is 8.84. The van der Waals surface area contributed by atoms with Crippen molar-refractivity contribution in [3.05, 3.63) is 51.0 Å². The predicted octanol–water partition coefficient (Wildman–Crippen LogP) is 1.85. The summed E-state index contributed by atoms with van der Waals surface area (Å²) >= 11 is 3.34. The van der Waals surface area contributed by atoms with Crippen LogP contribution in [-0.2, 0) is 34.0 Å². The minimum absolute atomic E-state index is 0.0736. The normalized spacial score (nSPS) is 21.0. The molecule has 1 aromatic rings. The average molecular weight is 437 g/mol. The number of hydrogen-bond acceptors (Lipinski definition) is 7. The topological polar surface area (TPSA) is 117 Å². The van der Waals surface area contributed by atoms with Gasteiger partial charge in [-0.2, -0.15) is 0 Å². The number of fused-ring (bicyclic) bond motifs is 2. The van der Waals surface area contributed by atoms with Gasteiger partial charge in [0, 0.05) is 15.7 Å². The zero-order chi connectivity index (χ0) is 19.9. The number of nitrogens with two attached hydrogens (primary N) is 1. The highest BCUT2D eigenvalue weighted by molar-refractivity contribution is 9.10. The monoisotopic (exact) mass is 436 g/mol. The Morgan fingerprint density at radius 2 is 2.00 bits per heavy atom. The van der Waals surface area contributed by atoms with Crippen LogP contribution in [-0.4, -0.2) is 31.6 Å². The number of carbonyl (C=O) groups is 3. The number of halogens is 1. The molecule has 2 aliphatic heterocycles. The molecule has 2 aliphatic rings. The maximum Gasteiger partial charge on any atom is 0.340 e. The number of anilines is 1. The molecule has 1 amide bonds. The van der Waals surface area contributed by atoms with Crippen molar-refractivity contribution < 1.29 is 28.6 Å². The summed E-state index contributed by atoms with van der Waals surface area (Å²) in [7, 11) is 1.15. The van der Waals surface area contributed by atoms with Gasteiger partial charge < -0.3 is 25.3 Å². The van der Waals surface area contributed by atoms with E-state index in [0.717, 1.165) is 7.11 Å². The summed E-state index contributed by atoms with van der Waals surface area (Å²) in [4.78, 5) is 38.6. The second-order valence-corrected chi connectivity index (χ2v) is 6.79. The minimum atomic E-state index is -1.83. The van der Waals surface area contributed by atoms with E-state index in [1.807, 2.05) is 0 Å². The van der Waals surface area contributed by atoms with Crippen molar-refractivity contribution in [3.63, 3.8) is 0 Å². The van der Waals surface area contributed by atoms with Gasteiger partial charge in [0.1, 0.15) is 22.3 Å². The molecule has 0 radical (unpaired) electrons. The summed E-state index contributed by atoms with van der Waals surface area (Å²) in [6.07, 6.45) is 0. The van der Waals surface area contributed by atoms with E-state index < -0.39 is 23.3 Å². The van der Waals surface area contributed by atoms with Crippen LogP contribution in [0.25, 0.3) is 0 Å². The first-order valence-electron chi connectivity index (χ1n) is 8.05.